The number of halogens is 4. The molecule has 3 amide bonds. The molecule has 146 valence electrons. The Labute approximate surface area is 181 Å². The summed E-state index contributed by atoms with van der Waals surface area (Å²) in [6, 6.07) is 14.9. The van der Waals surface area contributed by atoms with Crippen LogP contribution in [0.25, 0.3) is 0 Å². The summed E-state index contributed by atoms with van der Waals surface area (Å²) in [7, 11) is 1.36. The van der Waals surface area contributed by atoms with E-state index in [0.717, 1.165) is 4.90 Å². The van der Waals surface area contributed by atoms with Crippen LogP contribution in [0, 0.1) is 0 Å². The first kappa shape index (κ1) is 20.7. The van der Waals surface area contributed by atoms with Crippen LogP contribution in [-0.2, 0) is 4.79 Å². The third-order valence-electron chi connectivity index (χ3n) is 3.93. The first-order valence-corrected chi connectivity index (χ1v) is 9.54. The highest BCUT2D eigenvalue weighted by Crippen LogP contribution is 2.35. The average Bonchev–Trinajstić information content (AvgIpc) is 2.86. The van der Waals surface area contributed by atoms with Gasteiger partial charge in [-0.05, 0) is 24.3 Å². The minimum Gasteiger partial charge on any atom is -0.359 e. The summed E-state index contributed by atoms with van der Waals surface area (Å²) in [5.41, 5.74) is 0.922. The van der Waals surface area contributed by atoms with Gasteiger partial charge in [-0.2, -0.15) is 0 Å². The molecule has 1 aliphatic heterocycles. The van der Waals surface area contributed by atoms with Crippen LogP contribution in [0.2, 0.25) is 5.02 Å². The Morgan fingerprint density at radius 2 is 1.61 bits per heavy atom. The highest BCUT2D eigenvalue weighted by atomic mass is 35.6. The molecule has 1 atom stereocenters. The number of benzene rings is 2. The summed E-state index contributed by atoms with van der Waals surface area (Å²) in [5.74, 6) is -0.788. The van der Waals surface area contributed by atoms with E-state index in [-0.39, 0.29) is 5.84 Å². The van der Waals surface area contributed by atoms with E-state index in [0.29, 0.717) is 16.4 Å². The van der Waals surface area contributed by atoms with Crippen LogP contribution in [0.3, 0.4) is 0 Å². The molecule has 0 radical (unpaired) electrons. The lowest BCUT2D eigenvalue weighted by atomic mass is 10.3. The number of hydrogen-bond donors (Lipinski definition) is 1. The molecule has 1 saturated heterocycles. The van der Waals surface area contributed by atoms with Gasteiger partial charge in [0.1, 0.15) is 0 Å². The van der Waals surface area contributed by atoms with E-state index in [2.05, 4.69) is 10.3 Å². The van der Waals surface area contributed by atoms with Crippen molar-refractivity contribution in [1.82, 2.24) is 4.90 Å². The number of amidine groups is 1. The molecule has 1 fully saturated rings. The van der Waals surface area contributed by atoms with E-state index < -0.39 is 21.9 Å². The van der Waals surface area contributed by atoms with Crippen molar-refractivity contribution in [2.75, 3.05) is 17.3 Å². The molecule has 0 spiro atoms. The maximum atomic E-state index is 12.6. The summed E-state index contributed by atoms with van der Waals surface area (Å²) in [4.78, 5) is 31.6. The van der Waals surface area contributed by atoms with Crippen LogP contribution >= 0.6 is 46.4 Å². The third-order valence-corrected chi connectivity index (χ3v) is 4.88. The van der Waals surface area contributed by atoms with Crippen LogP contribution in [0.1, 0.15) is 0 Å². The van der Waals surface area contributed by atoms with E-state index in [9.17, 15) is 9.59 Å². The Kier molecular flexibility index (Phi) is 6.05. The highest BCUT2D eigenvalue weighted by Gasteiger charge is 2.43. The zero-order valence-electron chi connectivity index (χ0n) is 14.4. The number of nitrogens with one attached hydrogen (secondary N) is 1. The average molecular weight is 460 g/mol. The van der Waals surface area contributed by atoms with Crippen LogP contribution in [-0.4, -0.2) is 39.7 Å². The summed E-state index contributed by atoms with van der Waals surface area (Å²) < 4.78 is -1.93. The molecule has 0 aromatic heterocycles. The lowest BCUT2D eigenvalue weighted by molar-refractivity contribution is -0.119. The normalized spacial score (nSPS) is 17.4. The number of imide groups is 1. The summed E-state index contributed by atoms with van der Waals surface area (Å²) >= 11 is 24.4. The largest absolute Gasteiger partial charge is 0.359 e. The number of alkyl halides is 3. The molecule has 0 saturated carbocycles. The number of aliphatic imine (C=N–C) groups is 1. The Bertz CT molecular complexity index is 931. The minimum absolute atomic E-state index is 0.172. The number of carbonyl (C=O) groups is 2. The van der Waals surface area contributed by atoms with Gasteiger partial charge in [0.25, 0.3) is 5.91 Å². The van der Waals surface area contributed by atoms with Crippen LogP contribution < -0.4 is 10.2 Å². The van der Waals surface area contributed by atoms with E-state index in [1.54, 1.807) is 54.6 Å². The zero-order valence-corrected chi connectivity index (χ0v) is 17.5. The van der Waals surface area contributed by atoms with E-state index in [4.69, 9.17) is 46.4 Å². The van der Waals surface area contributed by atoms with Gasteiger partial charge in [-0.15, -0.1) is 0 Å². The second kappa shape index (κ2) is 8.17. The monoisotopic (exact) mass is 458 g/mol. The van der Waals surface area contributed by atoms with Crippen molar-refractivity contribution in [3.8, 4) is 0 Å². The zero-order chi connectivity index (χ0) is 20.5. The van der Waals surface area contributed by atoms with Crippen LogP contribution in [0.4, 0.5) is 16.2 Å². The van der Waals surface area contributed by atoms with Gasteiger partial charge in [-0.25, -0.2) is 14.7 Å². The van der Waals surface area contributed by atoms with Gasteiger partial charge < -0.3 is 5.32 Å². The molecule has 1 aliphatic rings. The van der Waals surface area contributed by atoms with Gasteiger partial charge in [0.05, 0.1) is 16.4 Å². The minimum atomic E-state index is -1.93. The second-order valence-electron chi connectivity index (χ2n) is 5.84. The smallest absolute Gasteiger partial charge is 0.337 e. The number of para-hydroxylation sites is 2. The number of urea groups is 1. The van der Waals surface area contributed by atoms with Crippen LogP contribution in [0.5, 0.6) is 0 Å². The quantitative estimate of drug-likeness (QED) is 0.519. The number of anilines is 2. The van der Waals surface area contributed by atoms with E-state index >= 15 is 0 Å². The van der Waals surface area contributed by atoms with Gasteiger partial charge in [0, 0.05) is 7.05 Å². The molecule has 0 bridgehead atoms. The lowest BCUT2D eigenvalue weighted by Crippen LogP contribution is -2.38. The van der Waals surface area contributed by atoms with Crippen molar-refractivity contribution < 1.29 is 9.59 Å². The predicted octanol–water partition coefficient (Wildman–Crippen LogP) is 4.95. The molecule has 2 aromatic carbocycles. The van der Waals surface area contributed by atoms with Crippen molar-refractivity contribution in [3.63, 3.8) is 0 Å². The van der Waals surface area contributed by atoms with Gasteiger partial charge >= 0.3 is 6.03 Å². The number of nitrogens with zero attached hydrogens (tertiary/aromatic N) is 3. The summed E-state index contributed by atoms with van der Waals surface area (Å²) in [6.45, 7) is 0. The fourth-order valence-corrected chi connectivity index (χ4v) is 3.03. The number of amides is 3. The number of likely N-dealkylation sites (N-methyl/N-ethyl adjacent to an activating group) is 1. The van der Waals surface area contributed by atoms with Crippen molar-refractivity contribution >= 4 is 75.6 Å². The van der Waals surface area contributed by atoms with Gasteiger partial charge in [0.15, 0.2) is 6.17 Å². The predicted molar refractivity (Wildman–Crippen MR) is 114 cm³/mol. The fraction of sp³-hybridized carbons (Fsp3) is 0.167. The van der Waals surface area contributed by atoms with Crippen molar-refractivity contribution in [1.29, 1.82) is 0 Å². The SMILES string of the molecule is CN1C(=O)C(=NC(Nc2ccccc2Cl)C(Cl)(Cl)Cl)N(c2ccccc2)C1=O. The molecule has 0 aliphatic carbocycles. The Morgan fingerprint density at radius 3 is 2.21 bits per heavy atom. The lowest BCUT2D eigenvalue weighted by Gasteiger charge is -2.25. The topological polar surface area (TPSA) is 65.0 Å². The van der Waals surface area contributed by atoms with Crippen LogP contribution in [0.15, 0.2) is 59.6 Å². The Balaban J connectivity index is 2.05. The summed E-state index contributed by atoms with van der Waals surface area (Å²) in [5, 5.41) is 3.29. The van der Waals surface area contributed by atoms with Crippen molar-refractivity contribution in [2.45, 2.75) is 9.96 Å². The molecule has 6 nitrogen and oxygen atoms in total. The standard InChI is InChI=1S/C18H14Cl4N4O2/c1-25-15(27)14(26(17(25)28)11-7-3-2-4-8-11)24-16(18(20,21)22)23-13-10-6-5-9-12(13)19/h2-10,16,23H,1H3. The molecule has 1 N–H and O–H groups in total. The molecular formula is C18H14Cl4N4O2. The maximum Gasteiger partial charge on any atom is 0.337 e. The molecule has 10 heteroatoms. The number of rotatable bonds is 4. The first-order valence-electron chi connectivity index (χ1n) is 8.03. The number of carbonyl (C=O) groups excluding carboxylic acids is 2. The molecule has 1 heterocycles. The molecule has 2 aromatic rings. The van der Waals surface area contributed by atoms with E-state index in [1.165, 1.54) is 11.9 Å². The molecule has 1 unspecified atom stereocenters. The van der Waals surface area contributed by atoms with Gasteiger partial charge in [-0.3, -0.25) is 9.69 Å². The fourth-order valence-electron chi connectivity index (χ4n) is 2.53. The second-order valence-corrected chi connectivity index (χ2v) is 8.61. The first-order chi connectivity index (χ1) is 13.2. The summed E-state index contributed by atoms with van der Waals surface area (Å²) in [6.07, 6.45) is -1.19. The van der Waals surface area contributed by atoms with E-state index in [1.807, 2.05) is 0 Å². The molecule has 28 heavy (non-hydrogen) atoms. The highest BCUT2D eigenvalue weighted by molar-refractivity contribution is 6.68. The molecule has 3 rings (SSSR count). The van der Waals surface area contributed by atoms with Gasteiger partial charge in [-0.1, -0.05) is 76.7 Å². The van der Waals surface area contributed by atoms with Crippen molar-refractivity contribution in [2.24, 2.45) is 4.99 Å². The van der Waals surface area contributed by atoms with Crippen molar-refractivity contribution in [3.05, 3.63) is 59.6 Å². The molecular weight excluding hydrogens is 446 g/mol. The Hall–Kier alpha value is -1.99. The third kappa shape index (κ3) is 4.20. The van der Waals surface area contributed by atoms with Gasteiger partial charge in [0.2, 0.25) is 9.63 Å². The Morgan fingerprint density at radius 1 is 1.00 bits per heavy atom. The maximum absolute atomic E-state index is 12.6. The number of hydrogen-bond acceptors (Lipinski definition) is 4.